The number of amides is 2. The van der Waals surface area contributed by atoms with Crippen LogP contribution in [-0.4, -0.2) is 74.9 Å². The number of sulfonamides is 1. The molecule has 1 aromatic carbocycles. The van der Waals surface area contributed by atoms with Crippen LogP contribution in [0, 0.1) is 0 Å². The summed E-state index contributed by atoms with van der Waals surface area (Å²) < 4.78 is 32.0. The molecule has 8 nitrogen and oxygen atoms in total. The number of carbonyl (C=O) groups is 2. The molecule has 2 amide bonds. The summed E-state index contributed by atoms with van der Waals surface area (Å²) in [6.45, 7) is 3.09. The van der Waals surface area contributed by atoms with Crippen LogP contribution in [0.15, 0.2) is 29.2 Å². The molecule has 1 aromatic rings. The molecule has 4 rings (SSSR count). The molecule has 0 aromatic heterocycles. The van der Waals surface area contributed by atoms with E-state index in [1.165, 1.54) is 21.3 Å². The molecule has 3 heterocycles. The Balaban J connectivity index is 1.52. The van der Waals surface area contributed by atoms with Gasteiger partial charge in [0.1, 0.15) is 0 Å². The van der Waals surface area contributed by atoms with Gasteiger partial charge in [-0.3, -0.25) is 14.5 Å². The van der Waals surface area contributed by atoms with Crippen LogP contribution < -0.4 is 4.90 Å². The van der Waals surface area contributed by atoms with Crippen LogP contribution in [0.25, 0.3) is 0 Å². The smallest absolute Gasteiger partial charge is 0.251 e. The molecule has 0 N–H and O–H groups in total. The number of morpholine rings is 1. The first-order valence-corrected chi connectivity index (χ1v) is 11.2. The minimum atomic E-state index is -3.60. The van der Waals surface area contributed by atoms with Crippen LogP contribution in [0.4, 0.5) is 5.69 Å². The number of anilines is 1. The molecule has 3 saturated heterocycles. The fraction of sp³-hybridized carbons (Fsp3) is 0.579. The van der Waals surface area contributed by atoms with Gasteiger partial charge in [0.15, 0.2) is 0 Å². The second kappa shape index (κ2) is 7.90. The molecule has 3 aliphatic rings. The van der Waals surface area contributed by atoms with Crippen molar-refractivity contribution >= 4 is 27.5 Å². The Morgan fingerprint density at radius 3 is 2.18 bits per heavy atom. The minimum absolute atomic E-state index is 0.157. The van der Waals surface area contributed by atoms with Crippen LogP contribution in [-0.2, 0) is 24.3 Å². The topological polar surface area (TPSA) is 87.2 Å². The van der Waals surface area contributed by atoms with Crippen molar-refractivity contribution < 1.29 is 22.7 Å². The molecule has 0 spiro atoms. The van der Waals surface area contributed by atoms with Crippen LogP contribution in [0.1, 0.15) is 25.7 Å². The lowest BCUT2D eigenvalue weighted by Gasteiger charge is -2.30. The third-order valence-corrected chi connectivity index (χ3v) is 7.57. The Hall–Kier alpha value is -1.81. The molecule has 152 valence electrons. The molecular weight excluding hydrogens is 382 g/mol. The zero-order valence-electron chi connectivity index (χ0n) is 15.7. The van der Waals surface area contributed by atoms with E-state index in [4.69, 9.17) is 4.74 Å². The molecule has 9 heteroatoms. The molecule has 0 bridgehead atoms. The summed E-state index contributed by atoms with van der Waals surface area (Å²) in [6.07, 6.45) is 3.44. The number of benzene rings is 1. The van der Waals surface area contributed by atoms with E-state index in [2.05, 4.69) is 4.90 Å². The van der Waals surface area contributed by atoms with Gasteiger partial charge in [0.05, 0.1) is 36.3 Å². The van der Waals surface area contributed by atoms with Crippen molar-refractivity contribution in [1.82, 2.24) is 9.21 Å². The number of imide groups is 1. The van der Waals surface area contributed by atoms with Gasteiger partial charge < -0.3 is 4.74 Å². The monoisotopic (exact) mass is 407 g/mol. The predicted octanol–water partition coefficient (Wildman–Crippen LogP) is 0.825. The number of carbonyl (C=O) groups excluding carboxylic acids is 2. The maximum atomic E-state index is 12.9. The van der Waals surface area contributed by atoms with Gasteiger partial charge in [-0.2, -0.15) is 4.31 Å². The highest BCUT2D eigenvalue weighted by molar-refractivity contribution is 7.89. The van der Waals surface area contributed by atoms with Gasteiger partial charge in [-0.05, 0) is 50.2 Å². The zero-order valence-corrected chi connectivity index (χ0v) is 16.6. The summed E-state index contributed by atoms with van der Waals surface area (Å²) >= 11 is 0. The van der Waals surface area contributed by atoms with E-state index in [0.29, 0.717) is 32.0 Å². The fourth-order valence-electron chi connectivity index (χ4n) is 4.11. The van der Waals surface area contributed by atoms with E-state index >= 15 is 0 Å². The lowest BCUT2D eigenvalue weighted by atomic mass is 10.1. The number of piperidine rings is 1. The lowest BCUT2D eigenvalue weighted by molar-refractivity contribution is -0.123. The summed E-state index contributed by atoms with van der Waals surface area (Å²) in [5, 5.41) is 0. The number of nitrogens with zero attached hydrogens (tertiary/aromatic N) is 3. The molecule has 3 aliphatic heterocycles. The minimum Gasteiger partial charge on any atom is -0.379 e. The zero-order chi connectivity index (χ0) is 19.7. The van der Waals surface area contributed by atoms with Crippen molar-refractivity contribution in [3.63, 3.8) is 0 Å². The summed E-state index contributed by atoms with van der Waals surface area (Å²) in [5.74, 6) is -0.444. The highest BCUT2D eigenvalue weighted by atomic mass is 32.2. The summed E-state index contributed by atoms with van der Waals surface area (Å²) in [7, 11) is -3.60. The van der Waals surface area contributed by atoms with Gasteiger partial charge in [-0.1, -0.05) is 6.42 Å². The third-order valence-electron chi connectivity index (χ3n) is 5.66. The van der Waals surface area contributed by atoms with E-state index in [9.17, 15) is 18.0 Å². The Labute approximate surface area is 165 Å². The summed E-state index contributed by atoms with van der Waals surface area (Å²) in [6, 6.07) is 5.62. The predicted molar refractivity (Wildman–Crippen MR) is 102 cm³/mol. The third kappa shape index (κ3) is 3.59. The molecule has 0 aliphatic carbocycles. The van der Waals surface area contributed by atoms with Crippen molar-refractivity contribution in [2.24, 2.45) is 0 Å². The quantitative estimate of drug-likeness (QED) is 0.687. The SMILES string of the molecule is O=C1C[C@H](N2CCCCC2)C(=O)N1c1ccc(S(=O)(=O)N2CCOCC2)cc1. The van der Waals surface area contributed by atoms with E-state index in [0.717, 1.165) is 32.4 Å². The van der Waals surface area contributed by atoms with Gasteiger partial charge in [0, 0.05) is 13.1 Å². The molecule has 0 saturated carbocycles. The van der Waals surface area contributed by atoms with E-state index in [1.807, 2.05) is 0 Å². The van der Waals surface area contributed by atoms with E-state index in [1.54, 1.807) is 12.1 Å². The van der Waals surface area contributed by atoms with Gasteiger partial charge in [0.25, 0.3) is 5.91 Å². The Kier molecular flexibility index (Phi) is 5.50. The first kappa shape index (κ1) is 19.5. The van der Waals surface area contributed by atoms with E-state index < -0.39 is 16.1 Å². The van der Waals surface area contributed by atoms with Crippen LogP contribution in [0.5, 0.6) is 0 Å². The highest BCUT2D eigenvalue weighted by Gasteiger charge is 2.43. The molecule has 28 heavy (non-hydrogen) atoms. The summed E-state index contributed by atoms with van der Waals surface area (Å²) in [5.41, 5.74) is 0.426. The average Bonchev–Trinajstić information content (AvgIpc) is 3.03. The lowest BCUT2D eigenvalue weighted by Crippen LogP contribution is -2.44. The standard InChI is InChI=1S/C19H25N3O5S/c23-18-14-17(20-8-2-1-3-9-20)19(24)22(18)15-4-6-16(7-5-15)28(25,26)21-10-12-27-13-11-21/h4-7,17H,1-3,8-14H2/t17-/m0/s1. The number of rotatable bonds is 4. The Bertz CT molecular complexity index is 843. The largest absolute Gasteiger partial charge is 0.379 e. The highest BCUT2D eigenvalue weighted by Crippen LogP contribution is 2.29. The van der Waals surface area contributed by atoms with Crippen LogP contribution in [0.3, 0.4) is 0 Å². The first-order valence-electron chi connectivity index (χ1n) is 9.77. The molecule has 3 fully saturated rings. The Morgan fingerprint density at radius 2 is 1.54 bits per heavy atom. The molecular formula is C19H25N3O5S. The van der Waals surface area contributed by atoms with Crippen LogP contribution >= 0.6 is 0 Å². The van der Waals surface area contributed by atoms with Crippen molar-refractivity contribution in [3.05, 3.63) is 24.3 Å². The van der Waals surface area contributed by atoms with Crippen molar-refractivity contribution in [3.8, 4) is 0 Å². The number of ether oxygens (including phenoxy) is 1. The molecule has 0 radical (unpaired) electrons. The van der Waals surface area contributed by atoms with Gasteiger partial charge in [-0.25, -0.2) is 13.3 Å². The first-order chi connectivity index (χ1) is 13.5. The maximum absolute atomic E-state index is 12.9. The second-order valence-electron chi connectivity index (χ2n) is 7.39. The Morgan fingerprint density at radius 1 is 0.893 bits per heavy atom. The number of hydrogen-bond donors (Lipinski definition) is 0. The summed E-state index contributed by atoms with van der Waals surface area (Å²) in [4.78, 5) is 28.8. The van der Waals surface area contributed by atoms with Gasteiger partial charge >= 0.3 is 0 Å². The van der Waals surface area contributed by atoms with Crippen LogP contribution in [0.2, 0.25) is 0 Å². The van der Waals surface area contributed by atoms with Gasteiger partial charge in [0.2, 0.25) is 15.9 Å². The second-order valence-corrected chi connectivity index (χ2v) is 9.33. The van der Waals surface area contributed by atoms with Crippen molar-refractivity contribution in [2.45, 2.75) is 36.6 Å². The maximum Gasteiger partial charge on any atom is 0.251 e. The molecule has 1 atom stereocenters. The normalized spacial score (nSPS) is 25.4. The van der Waals surface area contributed by atoms with Crippen molar-refractivity contribution in [2.75, 3.05) is 44.3 Å². The van der Waals surface area contributed by atoms with Gasteiger partial charge in [-0.15, -0.1) is 0 Å². The fourth-order valence-corrected chi connectivity index (χ4v) is 5.51. The average molecular weight is 407 g/mol. The van der Waals surface area contributed by atoms with Crippen molar-refractivity contribution in [1.29, 1.82) is 0 Å². The van der Waals surface area contributed by atoms with E-state index in [-0.39, 0.29) is 23.1 Å². The number of hydrogen-bond acceptors (Lipinski definition) is 6. The molecule has 0 unspecified atom stereocenters. The number of likely N-dealkylation sites (tertiary alicyclic amines) is 1.